The molecule has 0 N–H and O–H groups in total. The topological polar surface area (TPSA) is 0 Å². The van der Waals surface area contributed by atoms with Crippen LogP contribution >= 0.6 is 23.5 Å². The van der Waals surface area contributed by atoms with Crippen molar-refractivity contribution < 1.29 is 0 Å². The maximum absolute atomic E-state index is 2.33. The largest absolute Gasteiger partial charge is 0.157 e. The second-order valence-corrected chi connectivity index (χ2v) is 8.20. The maximum atomic E-state index is 2.33. The Morgan fingerprint density at radius 1 is 0.727 bits per heavy atom. The van der Waals surface area contributed by atoms with Gasteiger partial charge in [-0.2, -0.15) is 23.5 Å². The minimum Gasteiger partial charge on any atom is -0.157 e. The van der Waals surface area contributed by atoms with E-state index in [9.17, 15) is 0 Å². The van der Waals surface area contributed by atoms with E-state index in [4.69, 9.17) is 0 Å². The van der Waals surface area contributed by atoms with Gasteiger partial charge >= 0.3 is 0 Å². The van der Waals surface area contributed by atoms with Gasteiger partial charge in [-0.15, -0.1) is 0 Å². The minimum absolute atomic E-state index is 0.555. The van der Waals surface area contributed by atoms with E-state index in [-0.39, 0.29) is 0 Å². The highest BCUT2D eigenvalue weighted by Gasteiger charge is 2.22. The average Bonchev–Trinajstić information content (AvgIpc) is 2.53. The van der Waals surface area contributed by atoms with E-state index < -0.39 is 0 Å². The quantitative estimate of drug-likeness (QED) is 0.672. The molecule has 2 aromatic carbocycles. The first kappa shape index (κ1) is 16.0. The van der Waals surface area contributed by atoms with E-state index in [1.807, 2.05) is 23.5 Å². The monoisotopic (exact) mass is 328 g/mol. The Balaban J connectivity index is 2.19. The van der Waals surface area contributed by atoms with Crippen molar-refractivity contribution in [2.75, 3.05) is 12.5 Å². The summed E-state index contributed by atoms with van der Waals surface area (Å²) >= 11 is 3.96. The minimum atomic E-state index is 0.555. The van der Waals surface area contributed by atoms with Crippen LogP contribution in [-0.2, 0) is 12.8 Å². The number of benzene rings is 2. The Bertz CT molecular complexity index is 616. The van der Waals surface area contributed by atoms with Crippen LogP contribution in [0.15, 0.2) is 36.4 Å². The fourth-order valence-electron chi connectivity index (χ4n) is 3.59. The normalized spacial score (nSPS) is 20.7. The Labute approximate surface area is 143 Å². The van der Waals surface area contributed by atoms with Crippen LogP contribution in [0.2, 0.25) is 0 Å². The summed E-state index contributed by atoms with van der Waals surface area (Å²) in [5.41, 5.74) is 9.09. The van der Waals surface area contributed by atoms with Crippen molar-refractivity contribution in [2.45, 2.75) is 37.2 Å². The second kappa shape index (κ2) is 6.72. The van der Waals surface area contributed by atoms with E-state index in [2.05, 4.69) is 62.8 Å². The van der Waals surface area contributed by atoms with Crippen molar-refractivity contribution in [1.29, 1.82) is 0 Å². The summed E-state index contributed by atoms with van der Waals surface area (Å²) in [7, 11) is 0. The van der Waals surface area contributed by atoms with Gasteiger partial charge in [-0.3, -0.25) is 0 Å². The zero-order valence-corrected chi connectivity index (χ0v) is 15.5. The van der Waals surface area contributed by atoms with Gasteiger partial charge in [0.15, 0.2) is 0 Å². The molecule has 0 saturated heterocycles. The van der Waals surface area contributed by atoms with Crippen molar-refractivity contribution in [3.63, 3.8) is 0 Å². The molecule has 0 amide bonds. The van der Waals surface area contributed by atoms with Gasteiger partial charge in [0.1, 0.15) is 0 Å². The highest BCUT2D eigenvalue weighted by molar-refractivity contribution is 7.99. The smallest absolute Gasteiger partial charge is 0.0337 e. The fraction of sp³-hybridized carbons (Fsp3) is 0.400. The third-order valence-electron chi connectivity index (χ3n) is 5.05. The molecular weight excluding hydrogens is 304 g/mol. The molecule has 0 aliphatic heterocycles. The van der Waals surface area contributed by atoms with Crippen molar-refractivity contribution in [3.8, 4) is 0 Å². The lowest BCUT2D eigenvalue weighted by atomic mass is 9.88. The molecule has 2 atom stereocenters. The van der Waals surface area contributed by atoms with Crippen LogP contribution in [0, 0.1) is 13.8 Å². The first-order chi connectivity index (χ1) is 10.7. The molecule has 116 valence electrons. The SMILES string of the molecule is CSC1Cc2cccc(c2C)C(SC)Cc2cccc1c2C. The highest BCUT2D eigenvalue weighted by atomic mass is 32.2. The molecule has 4 bridgehead atoms. The van der Waals surface area contributed by atoms with Crippen molar-refractivity contribution in [1.82, 2.24) is 0 Å². The molecule has 0 saturated carbocycles. The van der Waals surface area contributed by atoms with Gasteiger partial charge in [0.2, 0.25) is 0 Å². The summed E-state index contributed by atoms with van der Waals surface area (Å²) in [6.45, 7) is 4.63. The van der Waals surface area contributed by atoms with Gasteiger partial charge in [0.25, 0.3) is 0 Å². The third kappa shape index (κ3) is 2.83. The van der Waals surface area contributed by atoms with Crippen LogP contribution in [-0.4, -0.2) is 12.5 Å². The Hall–Kier alpha value is -0.860. The molecular formula is C20H24S2. The lowest BCUT2D eigenvalue weighted by molar-refractivity contribution is 0.854. The number of hydrogen-bond donors (Lipinski definition) is 0. The Morgan fingerprint density at radius 2 is 1.14 bits per heavy atom. The van der Waals surface area contributed by atoms with Gasteiger partial charge < -0.3 is 0 Å². The summed E-state index contributed by atoms with van der Waals surface area (Å²) in [6, 6.07) is 13.8. The molecule has 0 radical (unpaired) electrons. The van der Waals surface area contributed by atoms with Gasteiger partial charge in [0, 0.05) is 10.5 Å². The van der Waals surface area contributed by atoms with Gasteiger partial charge in [-0.1, -0.05) is 36.4 Å². The van der Waals surface area contributed by atoms with E-state index in [1.54, 1.807) is 0 Å². The summed E-state index contributed by atoms with van der Waals surface area (Å²) in [6.07, 6.45) is 6.75. The second-order valence-electron chi connectivity index (χ2n) is 6.12. The molecule has 1 aliphatic rings. The van der Waals surface area contributed by atoms with Crippen LogP contribution in [0.4, 0.5) is 0 Å². The first-order valence-corrected chi connectivity index (χ1v) is 10.5. The van der Waals surface area contributed by atoms with E-state index >= 15 is 0 Å². The molecule has 0 aromatic heterocycles. The lowest BCUT2D eigenvalue weighted by Crippen LogP contribution is -2.11. The average molecular weight is 329 g/mol. The van der Waals surface area contributed by atoms with Crippen LogP contribution in [0.25, 0.3) is 0 Å². The molecule has 22 heavy (non-hydrogen) atoms. The van der Waals surface area contributed by atoms with Crippen LogP contribution in [0.3, 0.4) is 0 Å². The molecule has 2 heteroatoms. The number of thioether (sulfide) groups is 2. The maximum Gasteiger partial charge on any atom is 0.0337 e. The molecule has 0 fully saturated rings. The first-order valence-electron chi connectivity index (χ1n) is 7.88. The highest BCUT2D eigenvalue weighted by Crippen LogP contribution is 2.40. The number of rotatable bonds is 2. The van der Waals surface area contributed by atoms with E-state index in [1.165, 1.54) is 33.4 Å². The van der Waals surface area contributed by atoms with Crippen molar-refractivity contribution >= 4 is 23.5 Å². The number of fused-ring (bicyclic) bond motifs is 4. The van der Waals surface area contributed by atoms with Gasteiger partial charge in [-0.05, 0) is 72.6 Å². The fourth-order valence-corrected chi connectivity index (χ4v) is 5.30. The van der Waals surface area contributed by atoms with E-state index in [0.29, 0.717) is 10.5 Å². The van der Waals surface area contributed by atoms with Gasteiger partial charge in [-0.25, -0.2) is 0 Å². The Kier molecular flexibility index (Phi) is 4.89. The number of hydrogen-bond acceptors (Lipinski definition) is 2. The third-order valence-corrected chi connectivity index (χ3v) is 7.03. The standard InChI is InChI=1S/C20H24S2/c1-13-15-7-5-9-17(13)19(21-3)12-16-8-6-10-18(14(16)2)20(11-15)22-4/h5-10,19-20H,11-12H2,1-4H3. The molecule has 2 aromatic rings. The van der Waals surface area contributed by atoms with Crippen LogP contribution in [0.5, 0.6) is 0 Å². The lowest BCUT2D eigenvalue weighted by Gasteiger charge is -2.26. The van der Waals surface area contributed by atoms with E-state index in [0.717, 1.165) is 12.8 Å². The molecule has 2 unspecified atom stereocenters. The summed E-state index contributed by atoms with van der Waals surface area (Å²) < 4.78 is 0. The molecule has 1 aliphatic carbocycles. The molecule has 3 rings (SSSR count). The summed E-state index contributed by atoms with van der Waals surface area (Å²) in [5, 5.41) is 1.11. The van der Waals surface area contributed by atoms with Crippen molar-refractivity contribution in [3.05, 3.63) is 69.8 Å². The molecule has 0 spiro atoms. The van der Waals surface area contributed by atoms with Crippen LogP contribution < -0.4 is 0 Å². The van der Waals surface area contributed by atoms with Crippen LogP contribution in [0.1, 0.15) is 43.9 Å². The predicted octanol–water partition coefficient (Wildman–Crippen LogP) is 5.91. The predicted molar refractivity (Wildman–Crippen MR) is 102 cm³/mol. The summed E-state index contributed by atoms with van der Waals surface area (Å²) in [4.78, 5) is 0. The molecule has 0 heterocycles. The zero-order valence-electron chi connectivity index (χ0n) is 13.8. The Morgan fingerprint density at radius 3 is 1.50 bits per heavy atom. The summed E-state index contributed by atoms with van der Waals surface area (Å²) in [5.74, 6) is 0. The van der Waals surface area contributed by atoms with Gasteiger partial charge in [0.05, 0.1) is 0 Å². The zero-order chi connectivity index (χ0) is 15.7. The van der Waals surface area contributed by atoms with Crippen molar-refractivity contribution in [2.24, 2.45) is 0 Å². The molecule has 0 nitrogen and oxygen atoms in total.